The molecular weight excluding hydrogens is 337 g/mol. The summed E-state index contributed by atoms with van der Waals surface area (Å²) in [6.45, 7) is 1.63. The van der Waals surface area contributed by atoms with E-state index in [4.69, 9.17) is 0 Å². The first kappa shape index (κ1) is 16.1. The minimum atomic E-state index is -3.17. The number of halogens is 2. The topological polar surface area (TPSA) is 54.5 Å². The van der Waals surface area contributed by atoms with Gasteiger partial charge in [-0.1, -0.05) is 0 Å². The van der Waals surface area contributed by atoms with Crippen molar-refractivity contribution in [2.75, 3.05) is 19.1 Å². The molecule has 7 heteroatoms. The fourth-order valence-corrected chi connectivity index (χ4v) is 2.93. The summed E-state index contributed by atoms with van der Waals surface area (Å²) in [5, 5.41) is 0. The fraction of sp³-hybridized carbons (Fsp3) is 0.417. The largest absolute Gasteiger partial charge is 0.338 e. The molecule has 0 aliphatic rings. The van der Waals surface area contributed by atoms with Gasteiger partial charge in [0.2, 0.25) is 0 Å². The molecule has 1 aromatic rings. The van der Waals surface area contributed by atoms with Crippen LogP contribution in [0.25, 0.3) is 0 Å². The van der Waals surface area contributed by atoms with Crippen LogP contribution in [-0.4, -0.2) is 44.3 Å². The Morgan fingerprint density at radius 3 is 2.53 bits per heavy atom. The Bertz CT molecular complexity index is 589. The molecule has 1 rings (SSSR count). The number of carbonyl (C=O) groups is 1. The number of amides is 1. The Hall–Kier alpha value is -0.950. The van der Waals surface area contributed by atoms with Gasteiger partial charge in [-0.25, -0.2) is 12.8 Å². The average molecular weight is 352 g/mol. The molecule has 0 heterocycles. The Balaban J connectivity index is 2.90. The molecule has 1 amide bonds. The summed E-state index contributed by atoms with van der Waals surface area (Å²) in [5.74, 6) is -1.08. The van der Waals surface area contributed by atoms with Crippen molar-refractivity contribution in [1.29, 1.82) is 0 Å². The van der Waals surface area contributed by atoms with E-state index < -0.39 is 27.6 Å². The lowest BCUT2D eigenvalue weighted by Gasteiger charge is -2.24. The number of hydrogen-bond acceptors (Lipinski definition) is 3. The summed E-state index contributed by atoms with van der Waals surface area (Å²) in [7, 11) is -1.68. The number of rotatable bonds is 4. The van der Waals surface area contributed by atoms with Gasteiger partial charge in [0.15, 0.2) is 0 Å². The van der Waals surface area contributed by atoms with Crippen molar-refractivity contribution in [2.45, 2.75) is 13.0 Å². The predicted molar refractivity (Wildman–Crippen MR) is 75.4 cm³/mol. The third-order valence-electron chi connectivity index (χ3n) is 2.69. The van der Waals surface area contributed by atoms with Crippen molar-refractivity contribution in [1.82, 2.24) is 4.90 Å². The maximum absolute atomic E-state index is 13.4. The molecule has 19 heavy (non-hydrogen) atoms. The molecule has 0 radical (unpaired) electrons. The van der Waals surface area contributed by atoms with Crippen molar-refractivity contribution < 1.29 is 17.6 Å². The number of sulfone groups is 1. The maximum Gasteiger partial charge on any atom is 0.253 e. The fourth-order valence-electron chi connectivity index (χ4n) is 1.58. The highest BCUT2D eigenvalue weighted by atomic mass is 79.9. The molecule has 1 aromatic carbocycles. The molecule has 0 bridgehead atoms. The van der Waals surface area contributed by atoms with Crippen LogP contribution in [0.2, 0.25) is 0 Å². The minimum absolute atomic E-state index is 0.131. The molecule has 0 N–H and O–H groups in total. The highest BCUT2D eigenvalue weighted by Gasteiger charge is 2.21. The van der Waals surface area contributed by atoms with Crippen molar-refractivity contribution in [3.63, 3.8) is 0 Å². The van der Waals surface area contributed by atoms with Gasteiger partial charge in [0.1, 0.15) is 15.7 Å². The summed E-state index contributed by atoms with van der Waals surface area (Å²) < 4.78 is 36.0. The molecule has 0 aliphatic carbocycles. The SMILES string of the molecule is CC(CS(C)(=O)=O)N(C)C(=O)c1ccc(Br)c(F)c1. The standard InChI is InChI=1S/C12H15BrFNO3S/c1-8(7-19(3,17)18)15(2)12(16)9-4-5-10(13)11(14)6-9/h4-6,8H,7H2,1-3H3. The van der Waals surface area contributed by atoms with Crippen LogP contribution in [0.1, 0.15) is 17.3 Å². The lowest BCUT2D eigenvalue weighted by atomic mass is 10.2. The summed E-state index contributed by atoms with van der Waals surface area (Å²) in [4.78, 5) is 13.4. The van der Waals surface area contributed by atoms with Crippen LogP contribution in [-0.2, 0) is 9.84 Å². The van der Waals surface area contributed by atoms with Gasteiger partial charge in [-0.3, -0.25) is 4.79 Å². The third-order valence-corrected chi connectivity index (χ3v) is 4.42. The van der Waals surface area contributed by atoms with E-state index in [-0.39, 0.29) is 15.8 Å². The summed E-state index contributed by atoms with van der Waals surface area (Å²) in [5.41, 5.74) is 0.184. The van der Waals surface area contributed by atoms with E-state index in [0.29, 0.717) is 0 Å². The first-order valence-corrected chi connectivity index (χ1v) is 8.37. The second-order valence-electron chi connectivity index (χ2n) is 4.49. The zero-order valence-corrected chi connectivity index (χ0v) is 13.3. The highest BCUT2D eigenvalue weighted by molar-refractivity contribution is 9.10. The first-order valence-electron chi connectivity index (χ1n) is 5.51. The van der Waals surface area contributed by atoms with E-state index in [1.54, 1.807) is 6.92 Å². The van der Waals surface area contributed by atoms with Crippen LogP contribution in [0.3, 0.4) is 0 Å². The van der Waals surface area contributed by atoms with Crippen LogP contribution >= 0.6 is 15.9 Å². The van der Waals surface area contributed by atoms with Crippen LogP contribution in [0.15, 0.2) is 22.7 Å². The normalized spacial score (nSPS) is 13.1. The van der Waals surface area contributed by atoms with Gasteiger partial charge in [0, 0.05) is 24.9 Å². The molecule has 1 atom stereocenters. The van der Waals surface area contributed by atoms with E-state index in [1.807, 2.05) is 0 Å². The number of nitrogens with zero attached hydrogens (tertiary/aromatic N) is 1. The van der Waals surface area contributed by atoms with Gasteiger partial charge >= 0.3 is 0 Å². The lowest BCUT2D eigenvalue weighted by Crippen LogP contribution is -2.39. The van der Waals surface area contributed by atoms with Gasteiger partial charge in [0.25, 0.3) is 5.91 Å². The Morgan fingerprint density at radius 1 is 1.47 bits per heavy atom. The summed E-state index contributed by atoms with van der Waals surface area (Å²) in [6, 6.07) is 3.57. The maximum atomic E-state index is 13.4. The molecule has 0 aliphatic heterocycles. The first-order chi connectivity index (χ1) is 8.61. The smallest absolute Gasteiger partial charge is 0.253 e. The minimum Gasteiger partial charge on any atom is -0.338 e. The van der Waals surface area contributed by atoms with E-state index in [9.17, 15) is 17.6 Å². The molecule has 0 fully saturated rings. The highest BCUT2D eigenvalue weighted by Crippen LogP contribution is 2.18. The third kappa shape index (κ3) is 4.58. The lowest BCUT2D eigenvalue weighted by molar-refractivity contribution is 0.0756. The summed E-state index contributed by atoms with van der Waals surface area (Å²) >= 11 is 3.00. The van der Waals surface area contributed by atoms with Crippen molar-refractivity contribution in [3.8, 4) is 0 Å². The molecular formula is C12H15BrFNO3S. The summed E-state index contributed by atoms with van der Waals surface area (Å²) in [6.07, 6.45) is 1.11. The number of carbonyl (C=O) groups excluding carboxylic acids is 1. The van der Waals surface area contributed by atoms with Gasteiger partial charge in [0.05, 0.1) is 10.2 Å². The average Bonchev–Trinajstić information content (AvgIpc) is 2.28. The zero-order valence-electron chi connectivity index (χ0n) is 10.9. The molecule has 0 saturated heterocycles. The van der Waals surface area contributed by atoms with E-state index in [1.165, 1.54) is 24.1 Å². The van der Waals surface area contributed by atoms with Crippen molar-refractivity contribution in [2.24, 2.45) is 0 Å². The molecule has 0 aromatic heterocycles. The van der Waals surface area contributed by atoms with E-state index >= 15 is 0 Å². The van der Waals surface area contributed by atoms with Crippen molar-refractivity contribution >= 4 is 31.7 Å². The second-order valence-corrected chi connectivity index (χ2v) is 7.53. The van der Waals surface area contributed by atoms with E-state index in [0.717, 1.165) is 12.3 Å². The Kier molecular flexibility index (Phi) is 5.09. The zero-order chi connectivity index (χ0) is 14.8. The predicted octanol–water partition coefficient (Wildman–Crippen LogP) is 2.09. The molecule has 0 spiro atoms. The second kappa shape index (κ2) is 6.00. The molecule has 106 valence electrons. The molecule has 0 saturated carbocycles. The Labute approximate surface area is 120 Å². The van der Waals surface area contributed by atoms with Gasteiger partial charge in [-0.2, -0.15) is 0 Å². The van der Waals surface area contributed by atoms with Crippen LogP contribution < -0.4 is 0 Å². The van der Waals surface area contributed by atoms with Crippen LogP contribution in [0.5, 0.6) is 0 Å². The number of hydrogen-bond donors (Lipinski definition) is 0. The van der Waals surface area contributed by atoms with E-state index in [2.05, 4.69) is 15.9 Å². The van der Waals surface area contributed by atoms with Gasteiger partial charge in [-0.15, -0.1) is 0 Å². The quantitative estimate of drug-likeness (QED) is 0.834. The van der Waals surface area contributed by atoms with Crippen molar-refractivity contribution in [3.05, 3.63) is 34.1 Å². The Morgan fingerprint density at radius 2 is 2.05 bits per heavy atom. The van der Waals surface area contributed by atoms with Crippen LogP contribution in [0.4, 0.5) is 4.39 Å². The molecule has 1 unspecified atom stereocenters. The number of benzene rings is 1. The van der Waals surface area contributed by atoms with Gasteiger partial charge in [-0.05, 0) is 41.1 Å². The van der Waals surface area contributed by atoms with Gasteiger partial charge < -0.3 is 4.90 Å². The monoisotopic (exact) mass is 351 g/mol. The molecule has 4 nitrogen and oxygen atoms in total. The van der Waals surface area contributed by atoms with Crippen LogP contribution in [0, 0.1) is 5.82 Å².